The summed E-state index contributed by atoms with van der Waals surface area (Å²) in [6, 6.07) is 20.5. The highest BCUT2D eigenvalue weighted by Crippen LogP contribution is 2.23. The van der Waals surface area contributed by atoms with Crippen LogP contribution in [0.5, 0.6) is 0 Å². The third-order valence-corrected chi connectivity index (χ3v) is 4.95. The zero-order valence-electron chi connectivity index (χ0n) is 16.3. The number of aliphatic imine (C=N–C) groups is 1. The van der Waals surface area contributed by atoms with E-state index in [0.29, 0.717) is 11.3 Å². The smallest absolute Gasteiger partial charge is 0.317 e. The Balaban J connectivity index is 1.51. The lowest BCUT2D eigenvalue weighted by molar-refractivity contribution is -0.119. The van der Waals surface area contributed by atoms with Crippen LogP contribution in [0.2, 0.25) is 0 Å². The van der Waals surface area contributed by atoms with Crippen LogP contribution in [0.4, 0.5) is 6.01 Å². The van der Waals surface area contributed by atoms with Crippen LogP contribution in [0.25, 0.3) is 11.5 Å². The van der Waals surface area contributed by atoms with Crippen molar-refractivity contribution >= 4 is 17.5 Å². The molecular formula is C23H17N5O3. The summed E-state index contributed by atoms with van der Waals surface area (Å²) in [7, 11) is 0. The van der Waals surface area contributed by atoms with Crippen molar-refractivity contribution < 1.29 is 9.21 Å². The normalized spacial score (nSPS) is 15.7. The lowest BCUT2D eigenvalue weighted by atomic mass is 9.96. The van der Waals surface area contributed by atoms with E-state index in [4.69, 9.17) is 9.41 Å². The van der Waals surface area contributed by atoms with Gasteiger partial charge in [0.2, 0.25) is 11.4 Å². The Morgan fingerprint density at radius 1 is 0.935 bits per heavy atom. The first-order valence-corrected chi connectivity index (χ1v) is 9.71. The van der Waals surface area contributed by atoms with Gasteiger partial charge in [0.05, 0.1) is 5.71 Å². The largest absolute Gasteiger partial charge is 0.403 e. The number of aromatic nitrogens is 3. The number of benzene rings is 2. The Morgan fingerprint density at radius 2 is 1.74 bits per heavy atom. The van der Waals surface area contributed by atoms with E-state index in [1.807, 2.05) is 54.6 Å². The molecule has 8 nitrogen and oxygen atoms in total. The average Bonchev–Trinajstić information content (AvgIpc) is 3.21. The fraction of sp³-hybridized carbons (Fsp3) is 0.0870. The van der Waals surface area contributed by atoms with Gasteiger partial charge in [-0.3, -0.25) is 14.6 Å². The number of H-pyrrole nitrogens is 1. The fourth-order valence-corrected chi connectivity index (χ4v) is 3.49. The van der Waals surface area contributed by atoms with Crippen LogP contribution >= 0.6 is 0 Å². The summed E-state index contributed by atoms with van der Waals surface area (Å²) < 4.78 is 5.63. The van der Waals surface area contributed by atoms with Crippen molar-refractivity contribution in [1.29, 1.82) is 0 Å². The number of rotatable bonds is 4. The molecule has 5 rings (SSSR count). The number of anilines is 1. The monoisotopic (exact) mass is 411 g/mol. The molecule has 0 aliphatic carbocycles. The molecule has 2 aromatic carbocycles. The fourth-order valence-electron chi connectivity index (χ4n) is 3.49. The minimum Gasteiger partial charge on any atom is -0.403 e. The van der Waals surface area contributed by atoms with Crippen molar-refractivity contribution in [2.45, 2.75) is 12.6 Å². The SMILES string of the molecule is O=C1Cc2ccccc2C(c2ccccc2)=NC1Nc1nnc(-c2cc[nH]c(=O)c2)o1. The van der Waals surface area contributed by atoms with Gasteiger partial charge in [0, 0.05) is 35.4 Å². The van der Waals surface area contributed by atoms with E-state index in [0.717, 1.165) is 16.7 Å². The van der Waals surface area contributed by atoms with Gasteiger partial charge in [0.25, 0.3) is 0 Å². The average molecular weight is 411 g/mol. The second-order valence-corrected chi connectivity index (χ2v) is 7.04. The zero-order chi connectivity index (χ0) is 21.2. The topological polar surface area (TPSA) is 113 Å². The molecule has 1 aliphatic heterocycles. The molecule has 0 fully saturated rings. The molecule has 2 N–H and O–H groups in total. The molecule has 1 atom stereocenters. The third kappa shape index (κ3) is 3.78. The van der Waals surface area contributed by atoms with E-state index >= 15 is 0 Å². The van der Waals surface area contributed by atoms with Crippen molar-refractivity contribution in [2.24, 2.45) is 4.99 Å². The standard InChI is InChI=1S/C23H17N5O3/c29-18-12-15-8-4-5-9-17(15)20(14-6-2-1-3-7-14)25-21(18)26-23-28-27-22(31-23)16-10-11-24-19(30)13-16/h1-11,13,21H,12H2,(H,24,30)(H,26,28). The van der Waals surface area contributed by atoms with E-state index in [1.54, 1.807) is 6.07 Å². The van der Waals surface area contributed by atoms with Gasteiger partial charge in [0.1, 0.15) is 0 Å². The number of carbonyl (C=O) groups excluding carboxylic acids is 1. The Hall–Kier alpha value is -4.33. The second kappa shape index (κ2) is 7.83. The van der Waals surface area contributed by atoms with Gasteiger partial charge >= 0.3 is 6.01 Å². The van der Waals surface area contributed by atoms with E-state index in [9.17, 15) is 9.59 Å². The molecule has 1 aliphatic rings. The third-order valence-electron chi connectivity index (χ3n) is 4.95. The minimum atomic E-state index is -0.893. The number of nitrogens with zero attached hydrogens (tertiary/aromatic N) is 3. The summed E-state index contributed by atoms with van der Waals surface area (Å²) >= 11 is 0. The van der Waals surface area contributed by atoms with Crippen LogP contribution in [-0.2, 0) is 11.2 Å². The Labute approximate surface area is 176 Å². The Morgan fingerprint density at radius 3 is 2.58 bits per heavy atom. The van der Waals surface area contributed by atoms with Crippen LogP contribution in [0.3, 0.4) is 0 Å². The van der Waals surface area contributed by atoms with Crippen molar-refractivity contribution in [3.05, 3.63) is 100.0 Å². The molecule has 0 saturated carbocycles. The Bertz CT molecular complexity index is 1340. The van der Waals surface area contributed by atoms with E-state index < -0.39 is 6.17 Å². The predicted octanol–water partition coefficient (Wildman–Crippen LogP) is 2.83. The first-order valence-electron chi connectivity index (χ1n) is 9.71. The predicted molar refractivity (Wildman–Crippen MR) is 115 cm³/mol. The first-order chi connectivity index (χ1) is 15.2. The van der Waals surface area contributed by atoms with E-state index in [2.05, 4.69) is 20.5 Å². The van der Waals surface area contributed by atoms with Crippen molar-refractivity contribution in [1.82, 2.24) is 15.2 Å². The highest BCUT2D eigenvalue weighted by molar-refractivity contribution is 6.16. The molecule has 4 aromatic rings. The Kier molecular flexibility index (Phi) is 4.72. The molecule has 0 spiro atoms. The summed E-state index contributed by atoms with van der Waals surface area (Å²) in [4.78, 5) is 31.8. The van der Waals surface area contributed by atoms with Gasteiger partial charge in [-0.05, 0) is 11.6 Å². The van der Waals surface area contributed by atoms with E-state index in [-0.39, 0.29) is 29.7 Å². The summed E-state index contributed by atoms with van der Waals surface area (Å²) in [5.41, 5.74) is 3.66. The highest BCUT2D eigenvalue weighted by atomic mass is 16.4. The van der Waals surface area contributed by atoms with Crippen molar-refractivity contribution in [3.8, 4) is 11.5 Å². The van der Waals surface area contributed by atoms with Gasteiger partial charge in [-0.15, -0.1) is 5.10 Å². The number of hydrogen-bond donors (Lipinski definition) is 2. The number of nitrogens with one attached hydrogen (secondary N) is 2. The molecule has 0 radical (unpaired) electrons. The molecule has 1 unspecified atom stereocenters. The van der Waals surface area contributed by atoms with Crippen LogP contribution in [0.15, 0.2) is 87.1 Å². The number of ketones is 1. The molecule has 0 bridgehead atoms. The lowest BCUT2D eigenvalue weighted by Gasteiger charge is -2.11. The molecule has 0 amide bonds. The number of fused-ring (bicyclic) bond motifs is 1. The van der Waals surface area contributed by atoms with E-state index in [1.165, 1.54) is 12.3 Å². The lowest BCUT2D eigenvalue weighted by Crippen LogP contribution is -2.29. The van der Waals surface area contributed by atoms with Crippen LogP contribution in [-0.4, -0.2) is 32.8 Å². The summed E-state index contributed by atoms with van der Waals surface area (Å²) in [6.07, 6.45) is 0.829. The molecule has 8 heteroatoms. The molecule has 2 aromatic heterocycles. The summed E-state index contributed by atoms with van der Waals surface area (Å²) in [6.45, 7) is 0. The summed E-state index contributed by atoms with van der Waals surface area (Å²) in [5, 5.41) is 10.9. The highest BCUT2D eigenvalue weighted by Gasteiger charge is 2.27. The molecule has 0 saturated heterocycles. The van der Waals surface area contributed by atoms with Gasteiger partial charge in [-0.2, -0.15) is 0 Å². The quantitative estimate of drug-likeness (QED) is 0.534. The van der Waals surface area contributed by atoms with Crippen LogP contribution < -0.4 is 10.9 Å². The zero-order valence-corrected chi connectivity index (χ0v) is 16.3. The van der Waals surface area contributed by atoms with Gasteiger partial charge in [0.15, 0.2) is 11.9 Å². The summed E-state index contributed by atoms with van der Waals surface area (Å²) in [5.74, 6) is 0.0551. The maximum absolute atomic E-state index is 13.0. The number of hydrogen-bond acceptors (Lipinski definition) is 7. The maximum atomic E-state index is 13.0. The molecular weight excluding hydrogens is 394 g/mol. The number of Topliss-reactive ketones (excluding diaryl/α,β-unsaturated/α-hetero) is 1. The molecule has 3 heterocycles. The number of aromatic amines is 1. The number of carbonyl (C=O) groups is 1. The second-order valence-electron chi connectivity index (χ2n) is 7.04. The van der Waals surface area contributed by atoms with Gasteiger partial charge in [-0.1, -0.05) is 59.7 Å². The number of pyridine rings is 1. The maximum Gasteiger partial charge on any atom is 0.317 e. The van der Waals surface area contributed by atoms with Crippen LogP contribution in [0.1, 0.15) is 16.7 Å². The van der Waals surface area contributed by atoms with Crippen LogP contribution in [0, 0.1) is 0 Å². The molecule has 152 valence electrons. The van der Waals surface area contributed by atoms with Crippen molar-refractivity contribution in [2.75, 3.05) is 5.32 Å². The first kappa shape index (κ1) is 18.7. The van der Waals surface area contributed by atoms with Gasteiger partial charge < -0.3 is 14.7 Å². The molecule has 31 heavy (non-hydrogen) atoms. The van der Waals surface area contributed by atoms with Crippen molar-refractivity contribution in [3.63, 3.8) is 0 Å². The minimum absolute atomic E-state index is 0.0516. The van der Waals surface area contributed by atoms with Gasteiger partial charge in [-0.25, -0.2) is 0 Å².